The Morgan fingerprint density at radius 1 is 1.23 bits per heavy atom. The number of aliphatic carboxylic acids is 1. The summed E-state index contributed by atoms with van der Waals surface area (Å²) in [5, 5.41) is 8.64. The summed E-state index contributed by atoms with van der Waals surface area (Å²) in [5.41, 5.74) is 0. The first-order valence-corrected chi connectivity index (χ1v) is 5.15. The van der Waals surface area contributed by atoms with Gasteiger partial charge >= 0.3 is 16.4 Å². The molecule has 0 radical (unpaired) electrons. The lowest BCUT2D eigenvalue weighted by Gasteiger charge is -2.03. The highest BCUT2D eigenvalue weighted by atomic mass is 32.3. The summed E-state index contributed by atoms with van der Waals surface area (Å²) in [6, 6.07) is 0. The van der Waals surface area contributed by atoms with Crippen LogP contribution in [0.15, 0.2) is 0 Å². The van der Waals surface area contributed by atoms with Gasteiger partial charge in [0, 0.05) is 0 Å². The van der Waals surface area contributed by atoms with Crippen LogP contribution in [-0.2, 0) is 23.6 Å². The number of hydrogen-bond donors (Lipinski definition) is 1. The molecule has 0 aromatic heterocycles. The van der Waals surface area contributed by atoms with E-state index in [9.17, 15) is 13.2 Å². The molecule has 2 fully saturated rings. The molecule has 6 nitrogen and oxygen atoms in total. The highest BCUT2D eigenvalue weighted by Gasteiger charge is 2.49. The Balaban J connectivity index is 2.09. The molecule has 1 aliphatic heterocycles. The van der Waals surface area contributed by atoms with Crippen molar-refractivity contribution in [1.82, 2.24) is 0 Å². The van der Waals surface area contributed by atoms with Crippen LogP contribution >= 0.6 is 0 Å². The predicted molar refractivity (Wildman–Crippen MR) is 39.0 cm³/mol. The second-order valence-electron chi connectivity index (χ2n) is 3.18. The zero-order valence-electron chi connectivity index (χ0n) is 6.54. The molecule has 7 heteroatoms. The van der Waals surface area contributed by atoms with Crippen molar-refractivity contribution in [2.45, 2.75) is 25.0 Å². The number of carboxylic acid groups (broad SMARTS) is 1. The smallest absolute Gasteiger partial charge is 0.400 e. The van der Waals surface area contributed by atoms with E-state index in [4.69, 9.17) is 5.11 Å². The SMILES string of the molecule is O=C(O)C1C[C@@H]2OS(=O)(=O)O[C@@H]2C1. The van der Waals surface area contributed by atoms with Gasteiger partial charge in [0.25, 0.3) is 0 Å². The molecule has 1 saturated heterocycles. The molecule has 74 valence electrons. The van der Waals surface area contributed by atoms with E-state index in [1.165, 1.54) is 0 Å². The number of rotatable bonds is 1. The van der Waals surface area contributed by atoms with Crippen LogP contribution in [0.25, 0.3) is 0 Å². The number of fused-ring (bicyclic) bond motifs is 1. The second kappa shape index (κ2) is 2.66. The van der Waals surface area contributed by atoms with Gasteiger partial charge in [-0.05, 0) is 12.8 Å². The number of carbonyl (C=O) groups is 1. The molecule has 0 amide bonds. The van der Waals surface area contributed by atoms with Crippen LogP contribution in [0, 0.1) is 5.92 Å². The van der Waals surface area contributed by atoms with Crippen molar-refractivity contribution in [2.75, 3.05) is 0 Å². The third-order valence-electron chi connectivity index (χ3n) is 2.28. The van der Waals surface area contributed by atoms with Gasteiger partial charge < -0.3 is 5.11 Å². The minimum absolute atomic E-state index is 0.208. The largest absolute Gasteiger partial charge is 0.481 e. The van der Waals surface area contributed by atoms with E-state index in [-0.39, 0.29) is 12.8 Å². The van der Waals surface area contributed by atoms with Crippen molar-refractivity contribution in [3.05, 3.63) is 0 Å². The van der Waals surface area contributed by atoms with Crippen molar-refractivity contribution in [3.63, 3.8) is 0 Å². The Hall–Kier alpha value is -0.660. The maximum absolute atomic E-state index is 10.7. The van der Waals surface area contributed by atoms with Crippen LogP contribution in [0.1, 0.15) is 12.8 Å². The highest BCUT2D eigenvalue weighted by Crippen LogP contribution is 2.37. The van der Waals surface area contributed by atoms with Crippen molar-refractivity contribution in [3.8, 4) is 0 Å². The zero-order valence-corrected chi connectivity index (χ0v) is 7.36. The van der Waals surface area contributed by atoms with Crippen molar-refractivity contribution in [2.24, 2.45) is 5.92 Å². The van der Waals surface area contributed by atoms with Gasteiger partial charge in [-0.2, -0.15) is 8.42 Å². The molecule has 3 atom stereocenters. The number of carboxylic acids is 1. The molecule has 0 spiro atoms. The summed E-state index contributed by atoms with van der Waals surface area (Å²) in [4.78, 5) is 10.5. The second-order valence-corrected chi connectivity index (χ2v) is 4.39. The maximum Gasteiger partial charge on any atom is 0.400 e. The lowest BCUT2D eigenvalue weighted by atomic mass is 10.1. The first-order chi connectivity index (χ1) is 5.98. The fraction of sp³-hybridized carbons (Fsp3) is 0.833. The van der Waals surface area contributed by atoms with E-state index >= 15 is 0 Å². The van der Waals surface area contributed by atoms with Crippen LogP contribution < -0.4 is 0 Å². The average molecular weight is 208 g/mol. The van der Waals surface area contributed by atoms with Crippen LogP contribution in [-0.4, -0.2) is 31.7 Å². The van der Waals surface area contributed by atoms with E-state index in [0.29, 0.717) is 0 Å². The molecule has 1 heterocycles. The summed E-state index contributed by atoms with van der Waals surface area (Å²) in [6.45, 7) is 0. The van der Waals surface area contributed by atoms with E-state index < -0.39 is 34.5 Å². The van der Waals surface area contributed by atoms with Crippen LogP contribution in [0.3, 0.4) is 0 Å². The third kappa shape index (κ3) is 1.54. The topological polar surface area (TPSA) is 89.9 Å². The summed E-state index contributed by atoms with van der Waals surface area (Å²) in [7, 11) is -3.85. The van der Waals surface area contributed by atoms with Gasteiger partial charge in [0.1, 0.15) is 12.2 Å². The van der Waals surface area contributed by atoms with Gasteiger partial charge in [-0.15, -0.1) is 0 Å². The maximum atomic E-state index is 10.7. The molecule has 1 N–H and O–H groups in total. The Kier molecular flexibility index (Phi) is 1.83. The first kappa shape index (κ1) is 8.92. The molecule has 0 bridgehead atoms. The molecule has 2 rings (SSSR count). The molecule has 0 aromatic rings. The predicted octanol–water partition coefficient (Wildman–Crippen LogP) is -0.490. The lowest BCUT2D eigenvalue weighted by Crippen LogP contribution is -2.13. The quantitative estimate of drug-likeness (QED) is 0.625. The standard InChI is InChI=1S/C6H8O6S/c7-6(8)3-1-4-5(2-3)12-13(9,10)11-4/h3-5H,1-2H2,(H,7,8)/t3?,4-,5+. The summed E-state index contributed by atoms with van der Waals surface area (Å²) in [5.74, 6) is -1.48. The first-order valence-electron chi connectivity index (χ1n) is 3.82. The Morgan fingerprint density at radius 3 is 2.08 bits per heavy atom. The van der Waals surface area contributed by atoms with Gasteiger partial charge in [-0.3, -0.25) is 4.79 Å². The highest BCUT2D eigenvalue weighted by molar-refractivity contribution is 7.82. The number of hydrogen-bond acceptors (Lipinski definition) is 5. The average Bonchev–Trinajstić information content (AvgIpc) is 2.39. The van der Waals surface area contributed by atoms with E-state index in [1.807, 2.05) is 0 Å². The Bertz CT molecular complexity index is 313. The molecule has 1 unspecified atom stereocenters. The third-order valence-corrected chi connectivity index (χ3v) is 3.25. The molecule has 1 aliphatic carbocycles. The van der Waals surface area contributed by atoms with Crippen molar-refractivity contribution < 1.29 is 26.7 Å². The monoisotopic (exact) mass is 208 g/mol. The van der Waals surface area contributed by atoms with E-state index in [0.717, 1.165) is 0 Å². The fourth-order valence-electron chi connectivity index (χ4n) is 1.69. The Labute approximate surface area is 74.8 Å². The molecular formula is C6H8O6S. The molecule has 1 saturated carbocycles. The summed E-state index contributed by atoms with van der Waals surface area (Å²) < 4.78 is 30.5. The van der Waals surface area contributed by atoms with Crippen LogP contribution in [0.2, 0.25) is 0 Å². The van der Waals surface area contributed by atoms with E-state index in [1.54, 1.807) is 0 Å². The zero-order chi connectivity index (χ0) is 9.64. The summed E-state index contributed by atoms with van der Waals surface area (Å²) >= 11 is 0. The van der Waals surface area contributed by atoms with Gasteiger partial charge in [0.05, 0.1) is 5.92 Å². The minimum Gasteiger partial charge on any atom is -0.481 e. The van der Waals surface area contributed by atoms with Gasteiger partial charge in [-0.25, -0.2) is 8.37 Å². The van der Waals surface area contributed by atoms with Crippen LogP contribution in [0.4, 0.5) is 0 Å². The van der Waals surface area contributed by atoms with Gasteiger partial charge in [0.2, 0.25) is 0 Å². The fourth-order valence-corrected chi connectivity index (χ4v) is 2.75. The van der Waals surface area contributed by atoms with Crippen molar-refractivity contribution >= 4 is 16.4 Å². The van der Waals surface area contributed by atoms with Crippen molar-refractivity contribution in [1.29, 1.82) is 0 Å². The molecule has 2 aliphatic rings. The van der Waals surface area contributed by atoms with Gasteiger partial charge in [-0.1, -0.05) is 0 Å². The summed E-state index contributed by atoms with van der Waals surface area (Å²) in [6.07, 6.45) is -0.796. The molecule has 13 heavy (non-hydrogen) atoms. The lowest BCUT2D eigenvalue weighted by molar-refractivity contribution is -0.141. The molecule has 0 aromatic carbocycles. The molecular weight excluding hydrogens is 200 g/mol. The van der Waals surface area contributed by atoms with Crippen LogP contribution in [0.5, 0.6) is 0 Å². The Morgan fingerprint density at radius 2 is 1.69 bits per heavy atom. The van der Waals surface area contributed by atoms with Gasteiger partial charge in [0.15, 0.2) is 0 Å². The van der Waals surface area contributed by atoms with E-state index in [2.05, 4.69) is 8.37 Å². The minimum atomic E-state index is -3.85. The normalized spacial score (nSPS) is 41.7.